The van der Waals surface area contributed by atoms with Crippen molar-refractivity contribution in [3.63, 3.8) is 0 Å². The van der Waals surface area contributed by atoms with Crippen molar-refractivity contribution >= 4 is 29.5 Å². The summed E-state index contributed by atoms with van der Waals surface area (Å²) in [5.74, 6) is -0.388. The number of halogens is 1. The van der Waals surface area contributed by atoms with Gasteiger partial charge in [-0.05, 0) is 54.7 Å². The van der Waals surface area contributed by atoms with E-state index in [0.29, 0.717) is 23.8 Å². The molecule has 1 aliphatic carbocycles. The van der Waals surface area contributed by atoms with Crippen LogP contribution < -0.4 is 5.32 Å². The van der Waals surface area contributed by atoms with Gasteiger partial charge < -0.3 is 10.1 Å². The van der Waals surface area contributed by atoms with Crippen LogP contribution in [0.1, 0.15) is 58.4 Å². The van der Waals surface area contributed by atoms with Crippen molar-refractivity contribution in [3.8, 4) is 0 Å². The molecule has 3 rings (SSSR count). The van der Waals surface area contributed by atoms with Gasteiger partial charge in [0.05, 0.1) is 0 Å². The number of nitrogens with zero attached hydrogens (tertiary/aromatic N) is 1. The van der Waals surface area contributed by atoms with Gasteiger partial charge in [0.1, 0.15) is 18.7 Å². The Labute approximate surface area is 176 Å². The zero-order chi connectivity index (χ0) is 21.2. The average Bonchev–Trinajstić information content (AvgIpc) is 2.92. The van der Waals surface area contributed by atoms with Gasteiger partial charge in [-0.2, -0.15) is 0 Å². The highest BCUT2D eigenvalue weighted by molar-refractivity contribution is 6.30. The maximum atomic E-state index is 13.0. The monoisotopic (exact) mass is 420 g/mol. The number of benzene rings is 1. The summed E-state index contributed by atoms with van der Waals surface area (Å²) in [4.78, 5) is 38.6. The third-order valence-electron chi connectivity index (χ3n) is 6.70. The molecule has 1 heterocycles. The molecule has 0 atom stereocenters. The molecule has 29 heavy (non-hydrogen) atoms. The lowest BCUT2D eigenvalue weighted by molar-refractivity contribution is -0.149. The molecule has 1 aliphatic heterocycles. The van der Waals surface area contributed by atoms with Crippen LogP contribution in [-0.4, -0.2) is 34.9 Å². The molecule has 6 nitrogen and oxygen atoms in total. The Morgan fingerprint density at radius 3 is 2.45 bits per heavy atom. The summed E-state index contributed by atoms with van der Waals surface area (Å²) in [5, 5.41) is 3.46. The van der Waals surface area contributed by atoms with Crippen molar-refractivity contribution in [2.45, 2.75) is 65.0 Å². The lowest BCUT2D eigenvalue weighted by atomic mass is 9.65. The molecule has 1 spiro atoms. The number of hydrogen-bond donors (Lipinski definition) is 1. The minimum atomic E-state index is -0.867. The number of esters is 1. The number of rotatable bonds is 6. The normalized spacial score (nSPS) is 24.7. The van der Waals surface area contributed by atoms with E-state index in [4.69, 9.17) is 16.3 Å². The van der Waals surface area contributed by atoms with Gasteiger partial charge in [0.15, 0.2) is 0 Å². The second-order valence-electron chi connectivity index (χ2n) is 8.81. The van der Waals surface area contributed by atoms with Crippen molar-refractivity contribution in [3.05, 3.63) is 34.9 Å². The standard InChI is InChI=1S/C22H29ClN2O4/c1-4-21(2,3)16-9-11-22(12-10-16)19(27)25(20(28)24-22)13-18(26)29-14-15-5-7-17(23)8-6-15/h5-8,16H,4,9-14H2,1-3H3,(H,24,28). The van der Waals surface area contributed by atoms with E-state index in [0.717, 1.165) is 29.7 Å². The number of amides is 3. The molecule has 1 N–H and O–H groups in total. The van der Waals surface area contributed by atoms with Gasteiger partial charge >= 0.3 is 12.0 Å². The molecule has 7 heteroatoms. The van der Waals surface area contributed by atoms with Crippen LogP contribution in [0.5, 0.6) is 0 Å². The van der Waals surface area contributed by atoms with Crippen LogP contribution in [0.2, 0.25) is 5.02 Å². The van der Waals surface area contributed by atoms with Gasteiger partial charge in [0, 0.05) is 5.02 Å². The van der Waals surface area contributed by atoms with Crippen LogP contribution in [0, 0.1) is 11.3 Å². The Morgan fingerprint density at radius 1 is 1.24 bits per heavy atom. The number of carbonyl (C=O) groups excluding carboxylic acids is 3. The molecule has 0 unspecified atom stereocenters. The predicted octanol–water partition coefficient (Wildman–Crippen LogP) is 4.30. The minimum Gasteiger partial charge on any atom is -0.459 e. The first-order valence-electron chi connectivity index (χ1n) is 10.2. The fourth-order valence-corrected chi connectivity index (χ4v) is 4.38. The second kappa shape index (κ2) is 8.34. The number of nitrogens with one attached hydrogen (secondary N) is 1. The van der Waals surface area contributed by atoms with Crippen LogP contribution in [-0.2, 0) is 20.9 Å². The van der Waals surface area contributed by atoms with Gasteiger partial charge in [0.25, 0.3) is 5.91 Å². The average molecular weight is 421 g/mol. The van der Waals surface area contributed by atoms with Crippen molar-refractivity contribution in [1.82, 2.24) is 10.2 Å². The summed E-state index contributed by atoms with van der Waals surface area (Å²) in [6.45, 7) is 6.40. The number of hydrogen-bond acceptors (Lipinski definition) is 4. The van der Waals surface area contributed by atoms with Gasteiger partial charge in [-0.25, -0.2) is 4.79 Å². The highest BCUT2D eigenvalue weighted by Gasteiger charge is 2.53. The zero-order valence-corrected chi connectivity index (χ0v) is 18.1. The Bertz CT molecular complexity index is 783. The molecule has 3 amide bonds. The summed E-state index contributed by atoms with van der Waals surface area (Å²) < 4.78 is 5.22. The molecular weight excluding hydrogens is 392 g/mol. The van der Waals surface area contributed by atoms with Crippen LogP contribution in [0.15, 0.2) is 24.3 Å². The highest BCUT2D eigenvalue weighted by atomic mass is 35.5. The summed E-state index contributed by atoms with van der Waals surface area (Å²) in [6, 6.07) is 6.43. The van der Waals surface area contributed by atoms with E-state index in [-0.39, 0.29) is 24.5 Å². The highest BCUT2D eigenvalue weighted by Crippen LogP contribution is 2.45. The van der Waals surface area contributed by atoms with Crippen LogP contribution in [0.4, 0.5) is 4.79 Å². The summed E-state index contributed by atoms with van der Waals surface area (Å²) in [6.07, 6.45) is 4.09. The van der Waals surface area contributed by atoms with Crippen LogP contribution in [0.25, 0.3) is 0 Å². The zero-order valence-electron chi connectivity index (χ0n) is 17.3. The van der Waals surface area contributed by atoms with Crippen molar-refractivity contribution in [1.29, 1.82) is 0 Å². The molecule has 0 radical (unpaired) electrons. The summed E-state index contributed by atoms with van der Waals surface area (Å²) >= 11 is 5.84. The third kappa shape index (κ3) is 4.58. The van der Waals surface area contributed by atoms with Gasteiger partial charge in [0.2, 0.25) is 0 Å². The molecule has 0 bridgehead atoms. The molecule has 1 aromatic rings. The lowest BCUT2D eigenvalue weighted by Crippen LogP contribution is -2.51. The molecular formula is C22H29ClN2O4. The van der Waals surface area contributed by atoms with E-state index < -0.39 is 17.5 Å². The second-order valence-corrected chi connectivity index (χ2v) is 9.24. The van der Waals surface area contributed by atoms with E-state index >= 15 is 0 Å². The van der Waals surface area contributed by atoms with Gasteiger partial charge in [-0.15, -0.1) is 0 Å². The first kappa shape index (κ1) is 21.6. The quantitative estimate of drug-likeness (QED) is 0.549. The first-order chi connectivity index (χ1) is 13.7. The Morgan fingerprint density at radius 2 is 1.86 bits per heavy atom. The molecule has 158 valence electrons. The SMILES string of the molecule is CCC(C)(C)C1CCC2(CC1)NC(=O)N(CC(=O)OCc1ccc(Cl)cc1)C2=O. The Hall–Kier alpha value is -2.08. The van der Waals surface area contributed by atoms with E-state index in [1.165, 1.54) is 0 Å². The lowest BCUT2D eigenvalue weighted by Gasteiger charge is -2.42. The molecule has 1 aromatic carbocycles. The van der Waals surface area contributed by atoms with E-state index in [2.05, 4.69) is 26.1 Å². The van der Waals surface area contributed by atoms with Gasteiger partial charge in [-0.3, -0.25) is 14.5 Å². The minimum absolute atomic E-state index is 0.0680. The summed E-state index contributed by atoms with van der Waals surface area (Å²) in [5.41, 5.74) is 0.139. The molecule has 1 saturated heterocycles. The van der Waals surface area contributed by atoms with Crippen molar-refractivity contribution < 1.29 is 19.1 Å². The predicted molar refractivity (Wildman–Crippen MR) is 110 cm³/mol. The van der Waals surface area contributed by atoms with Crippen LogP contribution in [0.3, 0.4) is 0 Å². The largest absolute Gasteiger partial charge is 0.459 e. The molecule has 2 aliphatic rings. The summed E-state index contributed by atoms with van der Waals surface area (Å²) in [7, 11) is 0. The van der Waals surface area contributed by atoms with E-state index in [9.17, 15) is 14.4 Å². The maximum absolute atomic E-state index is 13.0. The number of urea groups is 1. The third-order valence-corrected chi connectivity index (χ3v) is 6.95. The fourth-order valence-electron chi connectivity index (χ4n) is 4.26. The fraction of sp³-hybridized carbons (Fsp3) is 0.591. The Balaban J connectivity index is 1.56. The topological polar surface area (TPSA) is 75.7 Å². The number of ether oxygens (including phenoxy) is 1. The van der Waals surface area contributed by atoms with E-state index in [1.54, 1.807) is 24.3 Å². The maximum Gasteiger partial charge on any atom is 0.326 e. The van der Waals surface area contributed by atoms with Crippen molar-refractivity contribution in [2.24, 2.45) is 11.3 Å². The molecule has 2 fully saturated rings. The Kier molecular flexibility index (Phi) is 6.22. The first-order valence-corrected chi connectivity index (χ1v) is 10.6. The van der Waals surface area contributed by atoms with E-state index in [1.807, 2.05) is 0 Å². The smallest absolute Gasteiger partial charge is 0.326 e. The molecule has 1 saturated carbocycles. The van der Waals surface area contributed by atoms with Crippen LogP contribution >= 0.6 is 11.6 Å². The van der Waals surface area contributed by atoms with Crippen molar-refractivity contribution in [2.75, 3.05) is 6.54 Å². The van der Waals surface area contributed by atoms with Gasteiger partial charge in [-0.1, -0.05) is 50.9 Å². The number of imide groups is 1. The molecule has 0 aromatic heterocycles. The number of carbonyl (C=O) groups is 3.